The first kappa shape index (κ1) is 12.6. The van der Waals surface area contributed by atoms with Crippen LogP contribution in [0, 0.1) is 0 Å². The zero-order chi connectivity index (χ0) is 12.3. The first-order chi connectivity index (χ1) is 7.30. The van der Waals surface area contributed by atoms with Crippen LogP contribution in [-0.2, 0) is 19.6 Å². The van der Waals surface area contributed by atoms with E-state index in [1.54, 1.807) is 0 Å². The van der Waals surface area contributed by atoms with Crippen molar-refractivity contribution in [2.45, 2.75) is 4.21 Å². The summed E-state index contributed by atoms with van der Waals surface area (Å²) in [5.41, 5.74) is 4.77. The molecule has 0 saturated heterocycles. The van der Waals surface area contributed by atoms with Gasteiger partial charge in [-0.15, -0.1) is 11.3 Å². The van der Waals surface area contributed by atoms with Crippen LogP contribution in [0.25, 0.3) is 0 Å². The molecule has 0 atom stereocenters. The van der Waals surface area contributed by atoms with E-state index in [4.69, 9.17) is 10.9 Å². The summed E-state index contributed by atoms with van der Waals surface area (Å²) in [5, 5.41) is 6.12. The molecule has 1 amide bonds. The van der Waals surface area contributed by atoms with Crippen LogP contribution < -0.4 is 10.9 Å². The lowest BCUT2D eigenvalue weighted by Crippen LogP contribution is -2.20. The van der Waals surface area contributed by atoms with Gasteiger partial charge >= 0.3 is 5.97 Å². The van der Waals surface area contributed by atoms with E-state index >= 15 is 0 Å². The van der Waals surface area contributed by atoms with Crippen LogP contribution in [0.3, 0.4) is 0 Å². The maximum atomic E-state index is 11.2. The lowest BCUT2D eigenvalue weighted by Gasteiger charge is -1.98. The number of rotatable bonds is 4. The molecule has 0 unspecified atom stereocenters. The van der Waals surface area contributed by atoms with Crippen LogP contribution >= 0.6 is 11.3 Å². The molecule has 7 nitrogen and oxygen atoms in total. The van der Waals surface area contributed by atoms with Crippen molar-refractivity contribution in [3.05, 3.63) is 17.0 Å². The van der Waals surface area contributed by atoms with E-state index < -0.39 is 28.5 Å². The highest BCUT2D eigenvalue weighted by Crippen LogP contribution is 2.19. The quantitative estimate of drug-likeness (QED) is 0.676. The summed E-state index contributed by atoms with van der Waals surface area (Å²) < 4.78 is 26.1. The summed E-state index contributed by atoms with van der Waals surface area (Å²) in [4.78, 5) is 21.6. The smallest absolute Gasteiger partial charge is 0.339 e. The van der Waals surface area contributed by atoms with Gasteiger partial charge in [0.05, 0.1) is 5.56 Å². The number of thiophene rings is 1. The van der Waals surface area contributed by atoms with Gasteiger partial charge in [0.2, 0.25) is 10.0 Å². The number of nitrogens with two attached hydrogens (primary N) is 2. The number of amides is 1. The Hall–Kier alpha value is -1.45. The van der Waals surface area contributed by atoms with E-state index in [0.29, 0.717) is 0 Å². The number of primary sulfonamides is 1. The third-order valence-electron chi connectivity index (χ3n) is 1.44. The number of hydrogen-bond donors (Lipinski definition) is 2. The molecule has 1 aromatic heterocycles. The molecule has 0 aliphatic heterocycles. The maximum absolute atomic E-state index is 11.2. The van der Waals surface area contributed by atoms with E-state index in [1.165, 1.54) is 5.38 Å². The number of primary amides is 1. The van der Waals surface area contributed by atoms with E-state index in [1.807, 2.05) is 0 Å². The maximum Gasteiger partial charge on any atom is 0.339 e. The largest absolute Gasteiger partial charge is 0.452 e. The molecule has 0 aliphatic carbocycles. The lowest BCUT2D eigenvalue weighted by molar-refractivity contribution is -0.121. The lowest BCUT2D eigenvalue weighted by atomic mass is 10.3. The second-order valence-corrected chi connectivity index (χ2v) is 5.44. The first-order valence-electron chi connectivity index (χ1n) is 3.87. The van der Waals surface area contributed by atoms with Crippen molar-refractivity contribution in [1.82, 2.24) is 0 Å². The highest BCUT2D eigenvalue weighted by molar-refractivity contribution is 7.91. The minimum atomic E-state index is -3.83. The van der Waals surface area contributed by atoms with Gasteiger partial charge < -0.3 is 10.5 Å². The zero-order valence-electron chi connectivity index (χ0n) is 7.87. The van der Waals surface area contributed by atoms with Crippen molar-refractivity contribution in [1.29, 1.82) is 0 Å². The van der Waals surface area contributed by atoms with Crippen molar-refractivity contribution in [3.8, 4) is 0 Å². The molecule has 0 radical (unpaired) electrons. The fourth-order valence-electron chi connectivity index (χ4n) is 0.793. The normalized spacial score (nSPS) is 11.1. The number of ether oxygens (including phenoxy) is 1. The Balaban J connectivity index is 2.79. The number of sulfonamides is 1. The highest BCUT2D eigenvalue weighted by atomic mass is 32.2. The number of carbonyl (C=O) groups excluding carboxylic acids is 2. The van der Waals surface area contributed by atoms with Crippen molar-refractivity contribution in [2.75, 3.05) is 6.61 Å². The van der Waals surface area contributed by atoms with Crippen LogP contribution in [0.15, 0.2) is 15.7 Å². The van der Waals surface area contributed by atoms with Crippen molar-refractivity contribution >= 4 is 33.2 Å². The van der Waals surface area contributed by atoms with E-state index in [9.17, 15) is 18.0 Å². The van der Waals surface area contributed by atoms with Crippen LogP contribution in [-0.4, -0.2) is 26.9 Å². The topological polar surface area (TPSA) is 130 Å². The first-order valence-corrected chi connectivity index (χ1v) is 6.30. The van der Waals surface area contributed by atoms with Gasteiger partial charge in [0.25, 0.3) is 5.91 Å². The Labute approximate surface area is 95.0 Å². The van der Waals surface area contributed by atoms with Crippen molar-refractivity contribution < 1.29 is 22.7 Å². The van der Waals surface area contributed by atoms with Gasteiger partial charge in [0.15, 0.2) is 6.61 Å². The molecule has 9 heteroatoms. The predicted octanol–water partition coefficient (Wildman–Crippen LogP) is -0.962. The second kappa shape index (κ2) is 4.60. The van der Waals surface area contributed by atoms with E-state index in [-0.39, 0.29) is 9.77 Å². The Kier molecular flexibility index (Phi) is 3.62. The summed E-state index contributed by atoms with van der Waals surface area (Å²) in [7, 11) is -3.83. The molecule has 0 aliphatic rings. The number of carbonyl (C=O) groups is 2. The molecule has 16 heavy (non-hydrogen) atoms. The Bertz CT molecular complexity index is 519. The zero-order valence-corrected chi connectivity index (χ0v) is 9.51. The summed E-state index contributed by atoms with van der Waals surface area (Å²) in [6.07, 6.45) is 0. The average molecular weight is 264 g/mol. The molecule has 4 N–H and O–H groups in total. The fraction of sp³-hybridized carbons (Fsp3) is 0.143. The minimum absolute atomic E-state index is 0.00951. The molecule has 1 heterocycles. The summed E-state index contributed by atoms with van der Waals surface area (Å²) in [6.45, 7) is -0.556. The molecule has 88 valence electrons. The van der Waals surface area contributed by atoms with Gasteiger partial charge in [-0.05, 0) is 6.07 Å². The predicted molar refractivity (Wildman–Crippen MR) is 55.2 cm³/mol. The van der Waals surface area contributed by atoms with Crippen molar-refractivity contribution in [3.63, 3.8) is 0 Å². The molecule has 1 aromatic rings. The number of esters is 1. The Morgan fingerprint density at radius 1 is 1.44 bits per heavy atom. The van der Waals surface area contributed by atoms with Gasteiger partial charge in [0, 0.05) is 5.38 Å². The highest BCUT2D eigenvalue weighted by Gasteiger charge is 2.16. The second-order valence-electron chi connectivity index (χ2n) is 2.74. The van der Waals surface area contributed by atoms with E-state index in [0.717, 1.165) is 17.4 Å². The molecule has 0 fully saturated rings. The third-order valence-corrected chi connectivity index (χ3v) is 3.82. The van der Waals surface area contributed by atoms with Crippen molar-refractivity contribution in [2.24, 2.45) is 10.9 Å². The average Bonchev–Trinajstić information content (AvgIpc) is 2.61. The van der Waals surface area contributed by atoms with Crippen LogP contribution in [0.5, 0.6) is 0 Å². The fourth-order valence-corrected chi connectivity index (χ4v) is 2.37. The van der Waals surface area contributed by atoms with Gasteiger partial charge in [-0.2, -0.15) is 0 Å². The van der Waals surface area contributed by atoms with Gasteiger partial charge in [0.1, 0.15) is 4.21 Å². The summed E-state index contributed by atoms with van der Waals surface area (Å²) in [6, 6.07) is 1.07. The molecule has 0 aromatic carbocycles. The molecular formula is C7H8N2O5S2. The molecule has 0 saturated carbocycles. The third kappa shape index (κ3) is 3.29. The Morgan fingerprint density at radius 3 is 2.50 bits per heavy atom. The standard InChI is InChI=1S/C7H8N2O5S2/c8-5(10)2-14-7(11)4-1-6(15-3-4)16(9,12)13/h1,3H,2H2,(H2,8,10)(H2,9,12,13). The van der Waals surface area contributed by atoms with Gasteiger partial charge in [-0.3, -0.25) is 4.79 Å². The summed E-state index contributed by atoms with van der Waals surface area (Å²) in [5.74, 6) is -1.62. The molecule has 1 rings (SSSR count). The number of hydrogen-bond acceptors (Lipinski definition) is 6. The Morgan fingerprint density at radius 2 is 2.06 bits per heavy atom. The summed E-state index contributed by atoms with van der Waals surface area (Å²) >= 11 is 0.789. The van der Waals surface area contributed by atoms with Gasteiger partial charge in [-0.25, -0.2) is 18.4 Å². The van der Waals surface area contributed by atoms with Crippen LogP contribution in [0.4, 0.5) is 0 Å². The molecule has 0 bridgehead atoms. The minimum Gasteiger partial charge on any atom is -0.452 e. The molecular weight excluding hydrogens is 256 g/mol. The van der Waals surface area contributed by atoms with Gasteiger partial charge in [-0.1, -0.05) is 0 Å². The molecule has 0 spiro atoms. The van der Waals surface area contributed by atoms with Crippen LogP contribution in [0.2, 0.25) is 0 Å². The van der Waals surface area contributed by atoms with E-state index in [2.05, 4.69) is 4.74 Å². The van der Waals surface area contributed by atoms with Crippen LogP contribution in [0.1, 0.15) is 10.4 Å². The monoisotopic (exact) mass is 264 g/mol. The SMILES string of the molecule is NC(=O)COC(=O)c1csc(S(N)(=O)=O)c1.